The molecule has 112 valence electrons. The third kappa shape index (κ3) is 2.69. The number of aryl methyl sites for hydroxylation is 1. The van der Waals surface area contributed by atoms with Gasteiger partial charge in [-0.2, -0.15) is 0 Å². The van der Waals surface area contributed by atoms with Crippen LogP contribution in [0.1, 0.15) is 29.7 Å². The molecule has 0 radical (unpaired) electrons. The molecule has 2 rings (SSSR count). The van der Waals surface area contributed by atoms with Gasteiger partial charge < -0.3 is 10.0 Å². The van der Waals surface area contributed by atoms with E-state index in [1.165, 1.54) is 11.1 Å². The van der Waals surface area contributed by atoms with Crippen LogP contribution in [0.3, 0.4) is 0 Å². The molecule has 0 saturated carbocycles. The average molecular weight is 293 g/mol. The minimum Gasteiger partial charge on any atom is -0.480 e. The first-order chi connectivity index (χ1) is 9.82. The molecule has 1 atom stereocenters. The summed E-state index contributed by atoms with van der Waals surface area (Å²) in [5.41, 5.74) is 1.11. The molecule has 1 aliphatic heterocycles. The molecule has 1 aromatic heterocycles. The average Bonchev–Trinajstić information content (AvgIpc) is 2.74. The largest absolute Gasteiger partial charge is 0.480 e. The fourth-order valence-electron chi connectivity index (χ4n) is 2.56. The van der Waals surface area contributed by atoms with E-state index in [-0.39, 0.29) is 31.0 Å². The Labute approximate surface area is 120 Å². The summed E-state index contributed by atoms with van der Waals surface area (Å²) < 4.78 is 0. The van der Waals surface area contributed by atoms with E-state index in [9.17, 15) is 19.7 Å². The van der Waals surface area contributed by atoms with Gasteiger partial charge >= 0.3 is 5.97 Å². The summed E-state index contributed by atoms with van der Waals surface area (Å²) in [4.78, 5) is 38.9. The molecule has 1 aromatic rings. The van der Waals surface area contributed by atoms with Crippen LogP contribution in [0.25, 0.3) is 0 Å². The van der Waals surface area contributed by atoms with Crippen LogP contribution in [0.5, 0.6) is 0 Å². The number of amides is 1. The highest BCUT2D eigenvalue weighted by Gasteiger charge is 2.36. The molecule has 21 heavy (non-hydrogen) atoms. The molecule has 8 heteroatoms. The minimum atomic E-state index is -1.07. The first kappa shape index (κ1) is 14.9. The fourth-order valence-corrected chi connectivity index (χ4v) is 2.56. The summed E-state index contributed by atoms with van der Waals surface area (Å²) in [5.74, 6) is -1.34. The van der Waals surface area contributed by atoms with Gasteiger partial charge in [-0.1, -0.05) is 0 Å². The standard InChI is InChI=1S/C13H15N3O5/c1-7-5-14-9(8(2)12(7)16(20)21)6-15-10(13(18)19)3-4-11(15)17/h5,10H,3-4,6H2,1-2H3,(H,18,19). The van der Waals surface area contributed by atoms with Crippen molar-refractivity contribution >= 4 is 17.6 Å². The van der Waals surface area contributed by atoms with Gasteiger partial charge in [0.15, 0.2) is 0 Å². The summed E-state index contributed by atoms with van der Waals surface area (Å²) in [7, 11) is 0. The molecule has 0 aromatic carbocycles. The lowest BCUT2D eigenvalue weighted by Gasteiger charge is -2.22. The van der Waals surface area contributed by atoms with E-state index in [0.29, 0.717) is 16.8 Å². The van der Waals surface area contributed by atoms with Crippen molar-refractivity contribution < 1.29 is 19.6 Å². The van der Waals surface area contributed by atoms with Crippen LogP contribution in [0.2, 0.25) is 0 Å². The van der Waals surface area contributed by atoms with E-state index in [4.69, 9.17) is 5.11 Å². The van der Waals surface area contributed by atoms with Crippen molar-refractivity contribution in [1.29, 1.82) is 0 Å². The van der Waals surface area contributed by atoms with Crippen LogP contribution in [-0.2, 0) is 16.1 Å². The molecule has 0 aliphatic carbocycles. The zero-order valence-electron chi connectivity index (χ0n) is 11.7. The Morgan fingerprint density at radius 2 is 2.24 bits per heavy atom. The Hall–Kier alpha value is -2.51. The quantitative estimate of drug-likeness (QED) is 0.658. The highest BCUT2D eigenvalue weighted by atomic mass is 16.6. The monoisotopic (exact) mass is 293 g/mol. The van der Waals surface area contributed by atoms with E-state index in [1.807, 2.05) is 0 Å². The summed E-state index contributed by atoms with van der Waals surface area (Å²) in [5, 5.41) is 20.2. The van der Waals surface area contributed by atoms with E-state index < -0.39 is 16.9 Å². The number of nitrogens with zero attached hydrogens (tertiary/aromatic N) is 3. The second-order valence-electron chi connectivity index (χ2n) is 5.03. The number of carboxylic acid groups (broad SMARTS) is 1. The molecule has 8 nitrogen and oxygen atoms in total. The van der Waals surface area contributed by atoms with E-state index in [0.717, 1.165) is 0 Å². The Morgan fingerprint density at radius 3 is 2.81 bits per heavy atom. The predicted octanol–water partition coefficient (Wildman–Crippen LogP) is 1.18. The summed E-state index contributed by atoms with van der Waals surface area (Å²) in [6.07, 6.45) is 1.79. The van der Waals surface area contributed by atoms with Gasteiger partial charge in [0.25, 0.3) is 5.69 Å². The Kier molecular flexibility index (Phi) is 3.88. The van der Waals surface area contributed by atoms with Crippen molar-refractivity contribution in [3.05, 3.63) is 33.1 Å². The van der Waals surface area contributed by atoms with Crippen molar-refractivity contribution in [1.82, 2.24) is 9.88 Å². The van der Waals surface area contributed by atoms with E-state index >= 15 is 0 Å². The second kappa shape index (κ2) is 5.47. The topological polar surface area (TPSA) is 114 Å². The molecule has 1 amide bonds. The van der Waals surface area contributed by atoms with Gasteiger partial charge in [-0.3, -0.25) is 19.9 Å². The molecule has 1 saturated heterocycles. The summed E-state index contributed by atoms with van der Waals surface area (Å²) in [6.45, 7) is 3.12. The van der Waals surface area contributed by atoms with Crippen molar-refractivity contribution in [3.63, 3.8) is 0 Å². The number of pyridine rings is 1. The van der Waals surface area contributed by atoms with Crippen molar-refractivity contribution in [2.75, 3.05) is 0 Å². The first-order valence-corrected chi connectivity index (χ1v) is 6.44. The van der Waals surface area contributed by atoms with Crippen LogP contribution in [0, 0.1) is 24.0 Å². The van der Waals surface area contributed by atoms with Crippen LogP contribution < -0.4 is 0 Å². The summed E-state index contributed by atoms with van der Waals surface area (Å²) >= 11 is 0. The SMILES string of the molecule is Cc1cnc(CN2C(=O)CCC2C(=O)O)c(C)c1[N+](=O)[O-]. The van der Waals surface area contributed by atoms with Gasteiger partial charge in [0.1, 0.15) is 6.04 Å². The number of rotatable bonds is 4. The van der Waals surface area contributed by atoms with E-state index in [2.05, 4.69) is 4.98 Å². The van der Waals surface area contributed by atoms with E-state index in [1.54, 1.807) is 13.8 Å². The predicted molar refractivity (Wildman–Crippen MR) is 71.6 cm³/mol. The van der Waals surface area contributed by atoms with Gasteiger partial charge in [0, 0.05) is 18.2 Å². The van der Waals surface area contributed by atoms with Crippen LogP contribution in [0.15, 0.2) is 6.20 Å². The van der Waals surface area contributed by atoms with Gasteiger partial charge in [-0.05, 0) is 20.3 Å². The number of aromatic nitrogens is 1. The zero-order chi connectivity index (χ0) is 15.7. The normalized spacial score (nSPS) is 18.1. The van der Waals surface area contributed by atoms with Gasteiger partial charge in [-0.25, -0.2) is 4.79 Å². The molecule has 2 heterocycles. The third-order valence-electron chi connectivity index (χ3n) is 3.69. The maximum Gasteiger partial charge on any atom is 0.326 e. The first-order valence-electron chi connectivity index (χ1n) is 6.44. The number of nitro groups is 1. The smallest absolute Gasteiger partial charge is 0.326 e. The lowest BCUT2D eigenvalue weighted by atomic mass is 10.1. The van der Waals surface area contributed by atoms with Crippen molar-refractivity contribution in [3.8, 4) is 0 Å². The fraction of sp³-hybridized carbons (Fsp3) is 0.462. The van der Waals surface area contributed by atoms with Crippen molar-refractivity contribution in [2.24, 2.45) is 0 Å². The molecule has 1 unspecified atom stereocenters. The molecule has 1 aliphatic rings. The summed E-state index contributed by atoms with van der Waals surface area (Å²) in [6, 6.07) is -0.890. The van der Waals surface area contributed by atoms with Crippen molar-refractivity contribution in [2.45, 2.75) is 39.3 Å². The lowest BCUT2D eigenvalue weighted by molar-refractivity contribution is -0.386. The number of likely N-dealkylation sites (tertiary alicyclic amines) is 1. The Balaban J connectivity index is 2.35. The van der Waals surface area contributed by atoms with Gasteiger partial charge in [-0.15, -0.1) is 0 Å². The third-order valence-corrected chi connectivity index (χ3v) is 3.69. The molecule has 0 bridgehead atoms. The van der Waals surface area contributed by atoms with Gasteiger partial charge in [0.05, 0.1) is 22.7 Å². The number of carbonyl (C=O) groups excluding carboxylic acids is 1. The Bertz CT molecular complexity index is 628. The second-order valence-corrected chi connectivity index (χ2v) is 5.03. The molecule has 1 fully saturated rings. The number of hydrogen-bond acceptors (Lipinski definition) is 5. The molecular weight excluding hydrogens is 278 g/mol. The Morgan fingerprint density at radius 1 is 1.57 bits per heavy atom. The van der Waals surface area contributed by atoms with Crippen LogP contribution >= 0.6 is 0 Å². The molecular formula is C13H15N3O5. The number of carboxylic acids is 1. The van der Waals surface area contributed by atoms with Gasteiger partial charge in [0.2, 0.25) is 5.91 Å². The minimum absolute atomic E-state index is 0.0250. The van der Waals surface area contributed by atoms with Crippen LogP contribution in [-0.4, -0.2) is 37.8 Å². The zero-order valence-corrected chi connectivity index (χ0v) is 11.7. The molecule has 0 spiro atoms. The maximum absolute atomic E-state index is 11.8. The lowest BCUT2D eigenvalue weighted by Crippen LogP contribution is -2.38. The number of hydrogen-bond donors (Lipinski definition) is 1. The highest BCUT2D eigenvalue weighted by molar-refractivity contribution is 5.87. The molecule has 1 N–H and O–H groups in total. The van der Waals surface area contributed by atoms with Crippen LogP contribution in [0.4, 0.5) is 5.69 Å². The number of carbonyl (C=O) groups is 2. The maximum atomic E-state index is 11.8. The highest BCUT2D eigenvalue weighted by Crippen LogP contribution is 2.27. The number of aliphatic carboxylic acids is 1.